The van der Waals surface area contributed by atoms with Crippen LogP contribution in [0.4, 0.5) is 0 Å². The Balaban J connectivity index is 0.000000720. The van der Waals surface area contributed by atoms with E-state index in [0.29, 0.717) is 5.88 Å². The van der Waals surface area contributed by atoms with Crippen molar-refractivity contribution in [2.75, 3.05) is 0 Å². The maximum absolute atomic E-state index is 5.72. The van der Waals surface area contributed by atoms with E-state index < -0.39 is 0 Å². The van der Waals surface area contributed by atoms with Crippen LogP contribution in [0.15, 0.2) is 12.5 Å². The van der Waals surface area contributed by atoms with Gasteiger partial charge < -0.3 is 4.57 Å². The topological polar surface area (TPSA) is 17.8 Å². The lowest BCUT2D eigenvalue weighted by molar-refractivity contribution is 0.611. The van der Waals surface area contributed by atoms with Gasteiger partial charge in [0, 0.05) is 12.7 Å². The van der Waals surface area contributed by atoms with Crippen LogP contribution < -0.4 is 0 Å². The highest BCUT2D eigenvalue weighted by molar-refractivity contribution is 6.16. The summed E-state index contributed by atoms with van der Waals surface area (Å²) < 4.78 is 2.16. The molecule has 0 aromatic carbocycles. The van der Waals surface area contributed by atoms with Crippen molar-refractivity contribution in [2.24, 2.45) is 5.92 Å². The number of halogens is 2. The van der Waals surface area contributed by atoms with Crippen molar-refractivity contribution in [1.29, 1.82) is 0 Å². The first-order valence-electron chi connectivity index (χ1n) is 3.95. The first-order valence-corrected chi connectivity index (χ1v) is 4.48. The van der Waals surface area contributed by atoms with Crippen LogP contribution in [0.1, 0.15) is 18.5 Å². The van der Waals surface area contributed by atoms with Crippen LogP contribution in [0.2, 0.25) is 0 Å². The van der Waals surface area contributed by atoms with E-state index in [1.807, 2.05) is 12.5 Å². The summed E-state index contributed by atoms with van der Waals surface area (Å²) in [5.41, 5.74) is 1.14. The molecule has 2 nitrogen and oxygen atoms in total. The summed E-state index contributed by atoms with van der Waals surface area (Å²) in [6.07, 6.45) is 6.46. The molecule has 1 aromatic heterocycles. The fraction of sp³-hybridized carbons (Fsp3) is 0.625. The molecule has 0 N–H and O–H groups in total. The molecular weight excluding hydrogens is 195 g/mol. The third-order valence-electron chi connectivity index (χ3n) is 2.09. The Bertz CT molecular complexity index is 243. The van der Waals surface area contributed by atoms with Crippen LogP contribution in [0, 0.1) is 5.92 Å². The van der Waals surface area contributed by atoms with Crippen molar-refractivity contribution in [2.45, 2.75) is 25.3 Å². The van der Waals surface area contributed by atoms with Crippen molar-refractivity contribution in [3.8, 4) is 0 Å². The molecule has 0 radical (unpaired) electrons. The van der Waals surface area contributed by atoms with Gasteiger partial charge in [-0.1, -0.05) is 0 Å². The largest absolute Gasteiger partial charge is 0.333 e. The predicted molar refractivity (Wildman–Crippen MR) is 51.8 cm³/mol. The average Bonchev–Trinajstić information content (AvgIpc) is 2.68. The molecule has 2 rings (SSSR count). The molecule has 1 saturated carbocycles. The quantitative estimate of drug-likeness (QED) is 0.696. The highest BCUT2D eigenvalue weighted by atomic mass is 35.5. The van der Waals surface area contributed by atoms with Crippen LogP contribution >= 0.6 is 24.0 Å². The number of nitrogens with zero attached hydrogens (tertiary/aromatic N) is 2. The van der Waals surface area contributed by atoms with Gasteiger partial charge in [0.05, 0.1) is 17.9 Å². The van der Waals surface area contributed by atoms with Gasteiger partial charge in [-0.3, -0.25) is 0 Å². The zero-order valence-electron chi connectivity index (χ0n) is 6.74. The molecule has 4 heteroatoms. The lowest BCUT2D eigenvalue weighted by Gasteiger charge is -2.02. The average molecular weight is 207 g/mol. The van der Waals surface area contributed by atoms with Crippen LogP contribution in [0.5, 0.6) is 0 Å². The van der Waals surface area contributed by atoms with E-state index in [0.717, 1.165) is 18.2 Å². The lowest BCUT2D eigenvalue weighted by Crippen LogP contribution is -2.01. The van der Waals surface area contributed by atoms with Crippen LogP contribution in [-0.4, -0.2) is 9.55 Å². The first kappa shape index (κ1) is 9.87. The number of imidazole rings is 1. The molecule has 1 heterocycles. The smallest absolute Gasteiger partial charge is 0.0948 e. The highest BCUT2D eigenvalue weighted by Crippen LogP contribution is 2.30. The molecule has 0 aliphatic heterocycles. The SMILES string of the molecule is Cl.ClCc1cncn1CC1CC1. The lowest BCUT2D eigenvalue weighted by atomic mass is 10.4. The number of hydrogen-bond donors (Lipinski definition) is 0. The summed E-state index contributed by atoms with van der Waals surface area (Å²) >= 11 is 5.72. The fourth-order valence-corrected chi connectivity index (χ4v) is 1.42. The van der Waals surface area contributed by atoms with Gasteiger partial charge in [-0.2, -0.15) is 0 Å². The summed E-state index contributed by atoms with van der Waals surface area (Å²) in [7, 11) is 0. The van der Waals surface area contributed by atoms with Crippen molar-refractivity contribution in [3.05, 3.63) is 18.2 Å². The molecule has 0 atom stereocenters. The standard InChI is InChI=1S/C8H11ClN2.ClH/c9-3-8-4-10-6-11(8)5-7-1-2-7;/h4,6-7H,1-3,5H2;1H. The Morgan fingerprint density at radius 2 is 2.33 bits per heavy atom. The van der Waals surface area contributed by atoms with Gasteiger partial charge in [-0.25, -0.2) is 4.98 Å². The molecule has 1 fully saturated rings. The van der Waals surface area contributed by atoms with Crippen LogP contribution in [-0.2, 0) is 12.4 Å². The Morgan fingerprint density at radius 3 is 2.92 bits per heavy atom. The minimum absolute atomic E-state index is 0. The molecule has 1 aliphatic rings. The molecule has 1 aromatic rings. The van der Waals surface area contributed by atoms with Gasteiger partial charge in [0.25, 0.3) is 0 Å². The molecule has 0 unspecified atom stereocenters. The van der Waals surface area contributed by atoms with Gasteiger partial charge in [-0.05, 0) is 18.8 Å². The van der Waals surface area contributed by atoms with E-state index in [1.165, 1.54) is 12.8 Å². The maximum Gasteiger partial charge on any atom is 0.0948 e. The third kappa shape index (κ3) is 2.14. The van der Waals surface area contributed by atoms with Gasteiger partial charge in [0.2, 0.25) is 0 Å². The fourth-order valence-electron chi connectivity index (χ4n) is 1.20. The molecular formula is C8H12Cl2N2. The van der Waals surface area contributed by atoms with Gasteiger partial charge in [0.1, 0.15) is 0 Å². The van der Waals surface area contributed by atoms with Gasteiger partial charge in [0.15, 0.2) is 0 Å². The van der Waals surface area contributed by atoms with E-state index in [1.54, 1.807) is 0 Å². The van der Waals surface area contributed by atoms with Gasteiger partial charge >= 0.3 is 0 Å². The Hall–Kier alpha value is -0.210. The second kappa shape index (κ2) is 4.15. The Morgan fingerprint density at radius 1 is 1.58 bits per heavy atom. The monoisotopic (exact) mass is 206 g/mol. The third-order valence-corrected chi connectivity index (χ3v) is 2.36. The van der Waals surface area contributed by atoms with E-state index >= 15 is 0 Å². The van der Waals surface area contributed by atoms with Crippen LogP contribution in [0.3, 0.4) is 0 Å². The van der Waals surface area contributed by atoms with Crippen molar-refractivity contribution in [1.82, 2.24) is 9.55 Å². The molecule has 68 valence electrons. The number of rotatable bonds is 3. The van der Waals surface area contributed by atoms with E-state index in [4.69, 9.17) is 11.6 Å². The van der Waals surface area contributed by atoms with Crippen LogP contribution in [0.25, 0.3) is 0 Å². The number of aromatic nitrogens is 2. The normalized spacial score (nSPS) is 15.8. The second-order valence-electron chi connectivity index (χ2n) is 3.11. The number of hydrogen-bond acceptors (Lipinski definition) is 1. The zero-order chi connectivity index (χ0) is 7.68. The number of alkyl halides is 1. The zero-order valence-corrected chi connectivity index (χ0v) is 8.31. The minimum Gasteiger partial charge on any atom is -0.333 e. The van der Waals surface area contributed by atoms with E-state index in [-0.39, 0.29) is 12.4 Å². The minimum atomic E-state index is 0. The Kier molecular flexibility index (Phi) is 3.41. The van der Waals surface area contributed by atoms with Crippen molar-refractivity contribution in [3.63, 3.8) is 0 Å². The summed E-state index contributed by atoms with van der Waals surface area (Å²) in [5.74, 6) is 1.47. The summed E-state index contributed by atoms with van der Waals surface area (Å²) in [5, 5.41) is 0. The molecule has 0 bridgehead atoms. The van der Waals surface area contributed by atoms with E-state index in [2.05, 4.69) is 9.55 Å². The van der Waals surface area contributed by atoms with Crippen molar-refractivity contribution >= 4 is 24.0 Å². The second-order valence-corrected chi connectivity index (χ2v) is 3.38. The molecule has 0 spiro atoms. The van der Waals surface area contributed by atoms with E-state index in [9.17, 15) is 0 Å². The maximum atomic E-state index is 5.72. The van der Waals surface area contributed by atoms with Gasteiger partial charge in [-0.15, -0.1) is 24.0 Å². The molecule has 12 heavy (non-hydrogen) atoms. The first-order chi connectivity index (χ1) is 5.40. The molecule has 0 saturated heterocycles. The highest BCUT2D eigenvalue weighted by Gasteiger charge is 2.22. The van der Waals surface area contributed by atoms with Crippen molar-refractivity contribution < 1.29 is 0 Å². The summed E-state index contributed by atoms with van der Waals surface area (Å²) in [4.78, 5) is 4.05. The summed E-state index contributed by atoms with van der Waals surface area (Å²) in [6.45, 7) is 1.11. The summed E-state index contributed by atoms with van der Waals surface area (Å²) in [6, 6.07) is 0. The molecule has 1 aliphatic carbocycles. The Labute approximate surface area is 83.3 Å². The predicted octanol–water partition coefficient (Wildman–Crippen LogP) is 2.45. The molecule has 0 amide bonds.